The molecule has 0 aromatic heterocycles. The number of carbonyl (C=O) groups excluding carboxylic acids is 1. The zero-order chi connectivity index (χ0) is 20.4. The molecule has 1 atom stereocenters. The Morgan fingerprint density at radius 1 is 0.929 bits per heavy atom. The number of fused-ring (bicyclic) bond motifs is 1. The number of benzene rings is 2. The van der Waals surface area contributed by atoms with Gasteiger partial charge in [0, 0.05) is 55.3 Å². The molecule has 0 spiro atoms. The van der Waals surface area contributed by atoms with Crippen molar-refractivity contribution in [3.8, 4) is 0 Å². The van der Waals surface area contributed by atoms with Gasteiger partial charge in [0.1, 0.15) is 0 Å². The highest BCUT2D eigenvalue weighted by Crippen LogP contribution is 2.34. The summed E-state index contributed by atoms with van der Waals surface area (Å²) in [7, 11) is 0. The lowest BCUT2D eigenvalue weighted by Gasteiger charge is -2.32. The first-order valence-corrected chi connectivity index (χ1v) is 16.6. The number of Topliss-reactive ketones (excluding diaryl/α,β-unsaturated/α-hetero) is 1. The molecular weight excluding hydrogens is 572 g/mol. The smallest absolute Gasteiger partial charge is 0.166 e. The van der Waals surface area contributed by atoms with E-state index in [1.165, 1.54) is 24.0 Å². The number of piperidine rings is 1. The van der Waals surface area contributed by atoms with Gasteiger partial charge in [-0.25, -0.2) is 0 Å². The van der Waals surface area contributed by atoms with E-state index in [0.717, 1.165) is 38.0 Å². The number of hydrogen-bond donors (Lipinski definition) is 0. The average molecular weight is 603 g/mol. The van der Waals surface area contributed by atoms with Gasteiger partial charge in [-0.05, 0) is 55.8 Å². The fourth-order valence-corrected chi connectivity index (χ4v) is 4.33. The van der Waals surface area contributed by atoms with Gasteiger partial charge in [0.15, 0.2) is 5.78 Å². The van der Waals surface area contributed by atoms with Crippen molar-refractivity contribution >= 4 is 43.0 Å². The Bertz CT molecular complexity index is 712. The van der Waals surface area contributed by atoms with E-state index < -0.39 is 0 Å². The van der Waals surface area contributed by atoms with E-state index in [1.54, 1.807) is 0 Å². The van der Waals surface area contributed by atoms with Crippen LogP contribution in [0, 0.1) is 11.8 Å². The minimum absolute atomic E-state index is 0.230. The molecule has 1 heterocycles. The number of carbonyl (C=O) groups is 1. The molecule has 1 fully saturated rings. The van der Waals surface area contributed by atoms with Crippen molar-refractivity contribution in [3.63, 3.8) is 0 Å². The van der Waals surface area contributed by atoms with Gasteiger partial charge in [0.05, 0.1) is 0 Å². The second-order valence-corrected chi connectivity index (χ2v) is 7.36. The molecular formula is C24H31I2NO. The summed E-state index contributed by atoms with van der Waals surface area (Å²) in [5.41, 5.74) is 3.63. The van der Waals surface area contributed by atoms with E-state index in [0.29, 0.717) is 11.7 Å². The van der Waals surface area contributed by atoms with Crippen molar-refractivity contribution < 1.29 is 4.79 Å². The fraction of sp³-hybridized carbons (Fsp3) is 0.458. The fourth-order valence-electron chi connectivity index (χ4n) is 4.33. The predicted octanol–water partition coefficient (Wildman–Crippen LogP) is 7.14. The third-order valence-electron chi connectivity index (χ3n) is 5.69. The molecule has 1 aliphatic heterocycles. The third kappa shape index (κ3) is 6.52. The van der Waals surface area contributed by atoms with Gasteiger partial charge >= 0.3 is 0 Å². The normalized spacial score (nSPS) is 19.1. The topological polar surface area (TPSA) is 20.3 Å². The Morgan fingerprint density at radius 3 is 2.18 bits per heavy atom. The van der Waals surface area contributed by atoms with E-state index >= 15 is 0 Å². The number of likely N-dealkylation sites (tertiary alicyclic amines) is 1. The SMILES string of the molecule is CC.II.O=C1c2ccccc2CC1CC1CCN(Cc2ccccc2)CC1. The van der Waals surface area contributed by atoms with E-state index in [4.69, 9.17) is 0 Å². The Kier molecular flexibility index (Phi) is 11.0. The van der Waals surface area contributed by atoms with E-state index in [1.807, 2.05) is 26.0 Å². The van der Waals surface area contributed by atoms with Crippen molar-refractivity contribution in [3.05, 3.63) is 71.3 Å². The minimum Gasteiger partial charge on any atom is -0.299 e. The first-order chi connectivity index (χ1) is 13.8. The maximum atomic E-state index is 12.6. The van der Waals surface area contributed by atoms with Gasteiger partial charge in [0.2, 0.25) is 0 Å². The highest BCUT2D eigenvalue weighted by molar-refractivity contribution is 15.0. The van der Waals surface area contributed by atoms with Crippen LogP contribution in [0.1, 0.15) is 54.6 Å². The summed E-state index contributed by atoms with van der Waals surface area (Å²) in [6, 6.07) is 18.9. The molecule has 1 saturated heterocycles. The summed E-state index contributed by atoms with van der Waals surface area (Å²) in [5, 5.41) is 0. The largest absolute Gasteiger partial charge is 0.299 e. The van der Waals surface area contributed by atoms with Crippen molar-refractivity contribution in [2.75, 3.05) is 13.1 Å². The maximum Gasteiger partial charge on any atom is 0.166 e. The summed E-state index contributed by atoms with van der Waals surface area (Å²) >= 11 is 4.24. The first kappa shape index (κ1) is 23.8. The van der Waals surface area contributed by atoms with Gasteiger partial charge in [0.25, 0.3) is 0 Å². The summed E-state index contributed by atoms with van der Waals surface area (Å²) in [6.45, 7) is 7.38. The number of nitrogens with zero attached hydrogens (tertiary/aromatic N) is 1. The Morgan fingerprint density at radius 2 is 1.54 bits per heavy atom. The van der Waals surface area contributed by atoms with Crippen LogP contribution in [-0.4, -0.2) is 23.8 Å². The molecule has 0 radical (unpaired) electrons. The molecule has 1 unspecified atom stereocenters. The van der Waals surface area contributed by atoms with Crippen LogP contribution in [0.15, 0.2) is 54.6 Å². The zero-order valence-electron chi connectivity index (χ0n) is 16.9. The van der Waals surface area contributed by atoms with Crippen LogP contribution < -0.4 is 0 Å². The molecule has 0 amide bonds. The van der Waals surface area contributed by atoms with Crippen molar-refractivity contribution in [1.29, 1.82) is 0 Å². The van der Waals surface area contributed by atoms with Crippen LogP contribution in [0.2, 0.25) is 0 Å². The molecule has 1 aliphatic carbocycles. The lowest BCUT2D eigenvalue weighted by atomic mass is 9.85. The van der Waals surface area contributed by atoms with Crippen molar-refractivity contribution in [2.24, 2.45) is 11.8 Å². The highest BCUT2D eigenvalue weighted by atomic mass is 128. The molecule has 4 heteroatoms. The Hall–Kier alpha value is -0.470. The van der Waals surface area contributed by atoms with E-state index in [2.05, 4.69) is 84.6 Å². The molecule has 0 N–H and O–H groups in total. The Labute approximate surface area is 193 Å². The Balaban J connectivity index is 0.000000660. The van der Waals surface area contributed by atoms with Crippen LogP contribution in [0.5, 0.6) is 0 Å². The van der Waals surface area contributed by atoms with Gasteiger partial charge in [-0.15, -0.1) is 0 Å². The van der Waals surface area contributed by atoms with Crippen LogP contribution in [0.25, 0.3) is 0 Å². The third-order valence-corrected chi connectivity index (χ3v) is 5.69. The highest BCUT2D eigenvalue weighted by Gasteiger charge is 2.32. The first-order valence-electron chi connectivity index (χ1n) is 10.3. The quantitative estimate of drug-likeness (QED) is 0.347. The predicted molar refractivity (Wildman–Crippen MR) is 136 cm³/mol. The molecule has 2 aromatic rings. The number of ketones is 1. The van der Waals surface area contributed by atoms with E-state index in [9.17, 15) is 4.79 Å². The maximum absolute atomic E-state index is 12.6. The van der Waals surface area contributed by atoms with Crippen molar-refractivity contribution in [2.45, 2.75) is 46.1 Å². The van der Waals surface area contributed by atoms with E-state index in [-0.39, 0.29) is 5.92 Å². The second kappa shape index (κ2) is 13.0. The van der Waals surface area contributed by atoms with Crippen LogP contribution in [0.3, 0.4) is 0 Å². The molecule has 4 rings (SSSR count). The van der Waals surface area contributed by atoms with Gasteiger partial charge < -0.3 is 0 Å². The molecule has 0 saturated carbocycles. The molecule has 28 heavy (non-hydrogen) atoms. The summed E-state index contributed by atoms with van der Waals surface area (Å²) < 4.78 is 0. The van der Waals surface area contributed by atoms with Crippen LogP contribution >= 0.6 is 37.2 Å². The summed E-state index contributed by atoms with van der Waals surface area (Å²) in [5.74, 6) is 1.32. The monoisotopic (exact) mass is 603 g/mol. The second-order valence-electron chi connectivity index (χ2n) is 7.36. The number of halogens is 2. The molecule has 152 valence electrons. The lowest BCUT2D eigenvalue weighted by Crippen LogP contribution is -2.34. The minimum atomic E-state index is 0.230. The zero-order valence-corrected chi connectivity index (χ0v) is 21.2. The van der Waals surface area contributed by atoms with Gasteiger partial charge in [-0.2, -0.15) is 0 Å². The molecule has 2 aromatic carbocycles. The van der Waals surface area contributed by atoms with Crippen molar-refractivity contribution in [1.82, 2.24) is 4.90 Å². The standard InChI is InChI=1S/C22H25NO.C2H6.I2/c24-22-20(15-19-8-4-5-9-21(19)22)14-17-10-12-23(13-11-17)16-18-6-2-1-3-7-18;2*1-2/h1-9,17,20H,10-16H2;1-2H3;. The van der Waals surface area contributed by atoms with Crippen LogP contribution in [-0.2, 0) is 13.0 Å². The van der Waals surface area contributed by atoms with Gasteiger partial charge in [-0.3, -0.25) is 9.69 Å². The molecule has 2 aliphatic rings. The van der Waals surface area contributed by atoms with Crippen LogP contribution in [0.4, 0.5) is 0 Å². The molecule has 2 nitrogen and oxygen atoms in total. The number of hydrogen-bond acceptors (Lipinski definition) is 2. The summed E-state index contributed by atoms with van der Waals surface area (Å²) in [4.78, 5) is 15.1. The lowest BCUT2D eigenvalue weighted by molar-refractivity contribution is 0.0896. The number of rotatable bonds is 4. The van der Waals surface area contributed by atoms with Gasteiger partial charge in [-0.1, -0.05) is 68.4 Å². The summed E-state index contributed by atoms with van der Waals surface area (Å²) in [6.07, 6.45) is 4.49. The average Bonchev–Trinajstić information content (AvgIpc) is 3.09. The molecule has 0 bridgehead atoms.